The van der Waals surface area contributed by atoms with E-state index < -0.39 is 43.6 Å². The van der Waals surface area contributed by atoms with Crippen LogP contribution in [-0.2, 0) is 16.0 Å². The summed E-state index contributed by atoms with van der Waals surface area (Å²) in [7, 11) is 0. The van der Waals surface area contributed by atoms with Crippen LogP contribution in [-0.4, -0.2) is 81.1 Å². The number of carbonyl (C=O) groups excluding carboxylic acids is 2. The van der Waals surface area contributed by atoms with Crippen LogP contribution in [0.15, 0.2) is 36.4 Å². The maximum atomic E-state index is 12.7. The molecule has 0 aliphatic carbocycles. The first-order valence-corrected chi connectivity index (χ1v) is 15.5. The normalized spacial score (nSPS) is 19.1. The van der Waals surface area contributed by atoms with Gasteiger partial charge in [-0.05, 0) is 67.9 Å². The van der Waals surface area contributed by atoms with Crippen LogP contribution in [0.4, 0.5) is 5.69 Å². The van der Waals surface area contributed by atoms with Gasteiger partial charge in [-0.1, -0.05) is 45.2 Å². The number of aliphatic hydroxyl groups is 5. The van der Waals surface area contributed by atoms with Gasteiger partial charge in [0, 0.05) is 23.0 Å². The Kier molecular flexibility index (Phi) is 13.2. The monoisotopic (exact) mass is 591 g/mol. The summed E-state index contributed by atoms with van der Waals surface area (Å²) in [5.74, 6) is -0.00456. The van der Waals surface area contributed by atoms with E-state index in [4.69, 9.17) is 9.84 Å². The maximum absolute atomic E-state index is 12.7. The Hall–Kier alpha value is -2.34. The van der Waals surface area contributed by atoms with Crippen molar-refractivity contribution in [2.45, 2.75) is 108 Å². The molecule has 5 N–H and O–H groups in total. The molecule has 1 aliphatic rings. The second-order valence-electron chi connectivity index (χ2n) is 11.0. The van der Waals surface area contributed by atoms with Gasteiger partial charge in [0.15, 0.2) is 0 Å². The van der Waals surface area contributed by atoms with Gasteiger partial charge < -0.3 is 35.2 Å². The molecule has 1 aromatic carbocycles. The van der Waals surface area contributed by atoms with Crippen molar-refractivity contribution >= 4 is 28.9 Å². The number of hydrogen-bond acceptors (Lipinski definition) is 9. The quantitative estimate of drug-likeness (QED) is 0.139. The third-order valence-corrected chi connectivity index (χ3v) is 8.97. The van der Waals surface area contributed by atoms with E-state index in [-0.39, 0.29) is 11.9 Å². The van der Waals surface area contributed by atoms with Crippen LogP contribution in [0, 0.1) is 0 Å². The third-order valence-electron chi connectivity index (χ3n) is 7.84. The second-order valence-corrected chi connectivity index (χ2v) is 12.2. The molecule has 2 aromatic rings. The lowest BCUT2D eigenvalue weighted by Crippen LogP contribution is -2.47. The number of nitrogens with zero attached hydrogens (tertiary/aromatic N) is 1. The zero-order chi connectivity index (χ0) is 29.9. The molecule has 0 radical (unpaired) electrons. The molecule has 0 unspecified atom stereocenters. The Morgan fingerprint density at radius 1 is 1.02 bits per heavy atom. The molecule has 3 rings (SSSR count). The molecule has 1 fully saturated rings. The molecular weight excluding hydrogens is 546 g/mol. The van der Waals surface area contributed by atoms with Crippen LogP contribution in [0.2, 0.25) is 0 Å². The fraction of sp³-hybridized carbons (Fsp3) is 0.613. The van der Waals surface area contributed by atoms with Crippen LogP contribution < -0.4 is 4.90 Å². The summed E-state index contributed by atoms with van der Waals surface area (Å²) in [6.07, 6.45) is 1.88. The second kappa shape index (κ2) is 16.3. The van der Waals surface area contributed by atoms with E-state index in [0.29, 0.717) is 17.2 Å². The van der Waals surface area contributed by atoms with Gasteiger partial charge in [-0.25, -0.2) is 4.79 Å². The number of carbonyl (C=O) groups is 2. The number of unbranched alkanes of at least 4 members (excludes halogenated alkanes) is 2. The predicted octanol–water partition coefficient (Wildman–Crippen LogP) is 3.54. The number of thiophene rings is 1. The molecule has 0 spiro atoms. The van der Waals surface area contributed by atoms with Crippen LogP contribution >= 0.6 is 11.3 Å². The Morgan fingerprint density at radius 2 is 1.73 bits per heavy atom. The maximum Gasteiger partial charge on any atom is 0.348 e. The first-order valence-electron chi connectivity index (χ1n) is 14.7. The standard InChI is InChI=1S/C31H45NO8S/c1-3-4-5-7-20(2)21-10-12-23(13-11-21)32-22(14-17-28(32)36)8-6-9-24-15-16-27(41-24)31(39)40-19-26(35)30(38)29(37)25(34)18-33/h10-13,15-16,20,22,25-26,29-30,33-35,37-38H,3-9,14,17-19H2,1-2H3/t20-,22-,25+,26+,29+,30-/m0/s1. The summed E-state index contributed by atoms with van der Waals surface area (Å²) in [5.41, 5.74) is 2.26. The number of anilines is 1. The number of hydrogen-bond donors (Lipinski definition) is 5. The summed E-state index contributed by atoms with van der Waals surface area (Å²) in [4.78, 5) is 28.4. The minimum atomic E-state index is -1.79. The highest BCUT2D eigenvalue weighted by Crippen LogP contribution is 2.32. The van der Waals surface area contributed by atoms with E-state index in [9.17, 15) is 30.0 Å². The van der Waals surface area contributed by atoms with Crippen molar-refractivity contribution in [3.05, 3.63) is 51.7 Å². The highest BCUT2D eigenvalue weighted by Gasteiger charge is 2.32. The summed E-state index contributed by atoms with van der Waals surface area (Å²) < 4.78 is 5.06. The van der Waals surface area contributed by atoms with Gasteiger partial charge in [0.25, 0.3) is 0 Å². The van der Waals surface area contributed by atoms with Crippen molar-refractivity contribution in [1.29, 1.82) is 0 Å². The molecule has 9 nitrogen and oxygen atoms in total. The van der Waals surface area contributed by atoms with Crippen LogP contribution in [0.5, 0.6) is 0 Å². The molecule has 1 aromatic heterocycles. The number of rotatable bonds is 17. The molecule has 1 aliphatic heterocycles. The molecule has 1 amide bonds. The molecule has 10 heteroatoms. The number of aliphatic hydroxyl groups excluding tert-OH is 5. The summed E-state index contributed by atoms with van der Waals surface area (Å²) in [6.45, 7) is 3.11. The zero-order valence-corrected chi connectivity index (χ0v) is 24.8. The molecule has 0 bridgehead atoms. The van der Waals surface area contributed by atoms with Gasteiger partial charge in [-0.15, -0.1) is 11.3 Å². The van der Waals surface area contributed by atoms with Gasteiger partial charge in [0.2, 0.25) is 5.91 Å². The van der Waals surface area contributed by atoms with Crippen LogP contribution in [0.3, 0.4) is 0 Å². The molecule has 2 heterocycles. The summed E-state index contributed by atoms with van der Waals surface area (Å²) >= 11 is 1.29. The zero-order valence-electron chi connectivity index (χ0n) is 24.0. The van der Waals surface area contributed by atoms with Crippen molar-refractivity contribution in [2.75, 3.05) is 18.1 Å². The van der Waals surface area contributed by atoms with Gasteiger partial charge in [-0.2, -0.15) is 0 Å². The van der Waals surface area contributed by atoms with E-state index >= 15 is 0 Å². The van der Waals surface area contributed by atoms with Crippen molar-refractivity contribution in [3.63, 3.8) is 0 Å². The van der Waals surface area contributed by atoms with Gasteiger partial charge in [0.05, 0.1) is 6.61 Å². The van der Waals surface area contributed by atoms with Crippen LogP contribution in [0.25, 0.3) is 0 Å². The van der Waals surface area contributed by atoms with Gasteiger partial charge in [0.1, 0.15) is 35.9 Å². The topological polar surface area (TPSA) is 148 Å². The number of aryl methyl sites for hydroxylation is 1. The average Bonchev–Trinajstić information content (AvgIpc) is 3.61. The van der Waals surface area contributed by atoms with E-state index in [1.807, 2.05) is 11.0 Å². The van der Waals surface area contributed by atoms with E-state index in [0.717, 1.165) is 36.2 Å². The third kappa shape index (κ3) is 9.33. The SMILES string of the molecule is CCCCC[C@H](C)c1ccc(N2C(=O)CC[C@@H]2CCCc2ccc(C(=O)OC[C@@H](O)[C@H](O)[C@H](O)[C@H](O)CO)s2)cc1. The lowest BCUT2D eigenvalue weighted by molar-refractivity contribution is -0.124. The average molecular weight is 592 g/mol. The number of benzene rings is 1. The number of esters is 1. The Balaban J connectivity index is 1.47. The first-order chi connectivity index (χ1) is 19.7. The lowest BCUT2D eigenvalue weighted by Gasteiger charge is -2.25. The van der Waals surface area contributed by atoms with Gasteiger partial charge in [-0.3, -0.25) is 4.79 Å². The highest BCUT2D eigenvalue weighted by atomic mass is 32.1. The molecule has 1 saturated heterocycles. The molecule has 41 heavy (non-hydrogen) atoms. The molecule has 228 valence electrons. The Bertz CT molecular complexity index is 1090. The van der Waals surface area contributed by atoms with Gasteiger partial charge >= 0.3 is 5.97 Å². The minimum absolute atomic E-state index is 0.146. The molecular formula is C31H45NO8S. The summed E-state index contributed by atoms with van der Waals surface area (Å²) in [5, 5.41) is 47.7. The van der Waals surface area contributed by atoms with Crippen molar-refractivity contribution in [1.82, 2.24) is 0 Å². The fourth-order valence-corrected chi connectivity index (χ4v) is 6.17. The minimum Gasteiger partial charge on any atom is -0.459 e. The Morgan fingerprint density at radius 3 is 2.41 bits per heavy atom. The molecule has 0 saturated carbocycles. The smallest absolute Gasteiger partial charge is 0.348 e. The first kappa shape index (κ1) is 33.2. The number of ether oxygens (including phenoxy) is 1. The predicted molar refractivity (Wildman–Crippen MR) is 158 cm³/mol. The highest BCUT2D eigenvalue weighted by molar-refractivity contribution is 7.13. The fourth-order valence-electron chi connectivity index (χ4n) is 5.23. The molecule has 6 atom stereocenters. The van der Waals surface area contributed by atoms with Crippen molar-refractivity contribution in [2.24, 2.45) is 0 Å². The lowest BCUT2D eigenvalue weighted by atomic mass is 9.95. The van der Waals surface area contributed by atoms with E-state index in [1.54, 1.807) is 6.07 Å². The van der Waals surface area contributed by atoms with Crippen LogP contribution in [0.1, 0.15) is 91.2 Å². The largest absolute Gasteiger partial charge is 0.459 e. The van der Waals surface area contributed by atoms with Crippen molar-refractivity contribution in [3.8, 4) is 0 Å². The van der Waals surface area contributed by atoms with E-state index in [2.05, 4.69) is 38.1 Å². The Labute approximate surface area is 246 Å². The van der Waals surface area contributed by atoms with E-state index in [1.165, 1.54) is 42.6 Å². The summed E-state index contributed by atoms with van der Waals surface area (Å²) in [6, 6.07) is 12.1. The van der Waals surface area contributed by atoms with Crippen molar-refractivity contribution < 1.29 is 39.9 Å². The number of amides is 1.